The Morgan fingerprint density at radius 2 is 2.36 bits per heavy atom. The Balaban J connectivity index is 2.24. The first-order valence-corrected chi connectivity index (χ1v) is 6.39. The Kier molecular flexibility index (Phi) is 2.22. The third kappa shape index (κ3) is 1.75. The van der Waals surface area contributed by atoms with E-state index < -0.39 is 9.84 Å². The maximum absolute atomic E-state index is 11.4. The number of nitrogen functional groups attached to an aromatic ring is 1. The monoisotopic (exact) mass is 215 g/mol. The molecule has 1 aromatic heterocycles. The summed E-state index contributed by atoms with van der Waals surface area (Å²) in [6.07, 6.45) is 4.90. The molecule has 0 aromatic carbocycles. The molecular weight excluding hydrogens is 202 g/mol. The summed E-state index contributed by atoms with van der Waals surface area (Å²) < 4.78 is 24.5. The van der Waals surface area contributed by atoms with Gasteiger partial charge >= 0.3 is 0 Å². The number of aromatic nitrogens is 2. The van der Waals surface area contributed by atoms with Crippen LogP contribution in [0.1, 0.15) is 18.9 Å². The smallest absolute Gasteiger partial charge is 0.200 e. The summed E-state index contributed by atoms with van der Waals surface area (Å²) in [6.45, 7) is 0. The van der Waals surface area contributed by atoms with Gasteiger partial charge in [-0.15, -0.1) is 0 Å². The lowest BCUT2D eigenvalue weighted by atomic mass is 10.2. The molecule has 1 fully saturated rings. The fourth-order valence-electron chi connectivity index (χ4n) is 1.85. The minimum absolute atomic E-state index is 0.0313. The van der Waals surface area contributed by atoms with Gasteiger partial charge in [0.25, 0.3) is 0 Å². The van der Waals surface area contributed by atoms with Crippen LogP contribution in [0.3, 0.4) is 0 Å². The molecule has 1 aliphatic heterocycles. The fourth-order valence-corrected chi connectivity index (χ4v) is 3.54. The van der Waals surface area contributed by atoms with Crippen LogP contribution in [0.5, 0.6) is 0 Å². The van der Waals surface area contributed by atoms with Crippen LogP contribution in [0.25, 0.3) is 0 Å². The molecule has 5 nitrogen and oxygen atoms in total. The summed E-state index contributed by atoms with van der Waals surface area (Å²) >= 11 is 0. The normalized spacial score (nSPS) is 26.1. The Morgan fingerprint density at radius 3 is 2.93 bits per heavy atom. The highest BCUT2D eigenvalue weighted by molar-refractivity contribution is 7.91. The second-order valence-electron chi connectivity index (χ2n) is 3.60. The van der Waals surface area contributed by atoms with Crippen LogP contribution in [0.2, 0.25) is 0 Å². The first kappa shape index (κ1) is 9.51. The van der Waals surface area contributed by atoms with Crippen molar-refractivity contribution in [3.63, 3.8) is 0 Å². The van der Waals surface area contributed by atoms with E-state index in [0.717, 1.165) is 6.42 Å². The Labute approximate surface area is 82.9 Å². The van der Waals surface area contributed by atoms with Gasteiger partial charge < -0.3 is 10.3 Å². The maximum Gasteiger partial charge on any atom is 0.200 e. The van der Waals surface area contributed by atoms with Crippen LogP contribution in [0, 0.1) is 0 Å². The van der Waals surface area contributed by atoms with E-state index in [1.54, 1.807) is 17.0 Å². The largest absolute Gasteiger partial charge is 0.369 e. The van der Waals surface area contributed by atoms with E-state index in [-0.39, 0.29) is 11.8 Å². The van der Waals surface area contributed by atoms with Crippen LogP contribution in [-0.4, -0.2) is 29.5 Å². The van der Waals surface area contributed by atoms with E-state index >= 15 is 0 Å². The van der Waals surface area contributed by atoms with Gasteiger partial charge in [-0.05, 0) is 12.8 Å². The van der Waals surface area contributed by atoms with Crippen LogP contribution >= 0.6 is 0 Å². The maximum atomic E-state index is 11.4. The summed E-state index contributed by atoms with van der Waals surface area (Å²) in [5.41, 5.74) is 5.62. The third-order valence-electron chi connectivity index (χ3n) is 2.53. The number of sulfone groups is 1. The molecule has 78 valence electrons. The molecule has 1 saturated heterocycles. The molecule has 1 unspecified atom stereocenters. The van der Waals surface area contributed by atoms with E-state index in [0.29, 0.717) is 18.1 Å². The summed E-state index contributed by atoms with van der Waals surface area (Å²) in [5, 5.41) is 0. The van der Waals surface area contributed by atoms with Crippen molar-refractivity contribution in [1.29, 1.82) is 0 Å². The average Bonchev–Trinajstić information content (AvgIpc) is 2.49. The SMILES string of the molecule is Nc1nccn1C1CCCS(=O)(=O)C1. The minimum atomic E-state index is -2.88. The molecule has 0 radical (unpaired) electrons. The van der Waals surface area contributed by atoms with Crippen LogP contribution in [0.4, 0.5) is 5.95 Å². The number of hydrogen-bond donors (Lipinski definition) is 1. The topological polar surface area (TPSA) is 78.0 Å². The summed E-state index contributed by atoms with van der Waals surface area (Å²) in [7, 11) is -2.88. The van der Waals surface area contributed by atoms with E-state index in [4.69, 9.17) is 5.73 Å². The van der Waals surface area contributed by atoms with Crippen molar-refractivity contribution >= 4 is 15.8 Å². The predicted molar refractivity (Wildman–Crippen MR) is 53.6 cm³/mol. The van der Waals surface area contributed by atoms with E-state index in [1.165, 1.54) is 0 Å². The molecule has 2 rings (SSSR count). The Bertz CT molecular complexity index is 424. The zero-order chi connectivity index (χ0) is 10.2. The number of hydrogen-bond acceptors (Lipinski definition) is 4. The van der Waals surface area contributed by atoms with Crippen LogP contribution in [0.15, 0.2) is 12.4 Å². The van der Waals surface area contributed by atoms with Gasteiger partial charge in [-0.25, -0.2) is 13.4 Å². The quantitative estimate of drug-likeness (QED) is 0.726. The lowest BCUT2D eigenvalue weighted by Gasteiger charge is -2.23. The molecule has 0 aliphatic carbocycles. The molecule has 2 heterocycles. The van der Waals surface area contributed by atoms with Gasteiger partial charge in [0, 0.05) is 12.4 Å². The third-order valence-corrected chi connectivity index (χ3v) is 4.33. The molecular formula is C8H13N3O2S. The molecule has 0 amide bonds. The molecule has 2 N–H and O–H groups in total. The lowest BCUT2D eigenvalue weighted by Crippen LogP contribution is -2.27. The fraction of sp³-hybridized carbons (Fsp3) is 0.625. The number of imidazole rings is 1. The second-order valence-corrected chi connectivity index (χ2v) is 5.83. The molecule has 0 saturated carbocycles. The Morgan fingerprint density at radius 1 is 1.57 bits per heavy atom. The summed E-state index contributed by atoms with van der Waals surface area (Å²) in [6, 6.07) is -0.0313. The molecule has 6 heteroatoms. The number of nitrogens with two attached hydrogens (primary N) is 1. The van der Waals surface area contributed by atoms with Gasteiger partial charge in [-0.2, -0.15) is 0 Å². The highest BCUT2D eigenvalue weighted by Crippen LogP contribution is 2.24. The van der Waals surface area contributed by atoms with Gasteiger partial charge in [-0.1, -0.05) is 0 Å². The number of rotatable bonds is 1. The predicted octanol–water partition coefficient (Wildman–Crippen LogP) is 0.215. The molecule has 1 atom stereocenters. The first-order valence-electron chi connectivity index (χ1n) is 4.57. The zero-order valence-electron chi connectivity index (χ0n) is 7.76. The van der Waals surface area contributed by atoms with Crippen molar-refractivity contribution in [2.24, 2.45) is 0 Å². The van der Waals surface area contributed by atoms with Gasteiger partial charge in [0.2, 0.25) is 0 Å². The van der Waals surface area contributed by atoms with Crippen molar-refractivity contribution in [2.45, 2.75) is 18.9 Å². The highest BCUT2D eigenvalue weighted by Gasteiger charge is 2.26. The molecule has 1 aliphatic rings. The van der Waals surface area contributed by atoms with Crippen molar-refractivity contribution in [1.82, 2.24) is 9.55 Å². The molecule has 14 heavy (non-hydrogen) atoms. The number of anilines is 1. The number of nitrogens with zero attached hydrogens (tertiary/aromatic N) is 2. The Hall–Kier alpha value is -1.04. The zero-order valence-corrected chi connectivity index (χ0v) is 8.57. The second kappa shape index (κ2) is 3.27. The van der Waals surface area contributed by atoms with Gasteiger partial charge in [0.1, 0.15) is 0 Å². The van der Waals surface area contributed by atoms with Crippen LogP contribution in [-0.2, 0) is 9.84 Å². The summed E-state index contributed by atoms with van der Waals surface area (Å²) in [4.78, 5) is 3.89. The molecule has 1 aromatic rings. The van der Waals surface area contributed by atoms with Crippen molar-refractivity contribution in [3.05, 3.63) is 12.4 Å². The van der Waals surface area contributed by atoms with Gasteiger partial charge in [0.15, 0.2) is 15.8 Å². The van der Waals surface area contributed by atoms with Gasteiger partial charge in [-0.3, -0.25) is 0 Å². The minimum Gasteiger partial charge on any atom is -0.369 e. The summed E-state index contributed by atoms with van der Waals surface area (Å²) in [5.74, 6) is 0.887. The van der Waals surface area contributed by atoms with Crippen molar-refractivity contribution in [2.75, 3.05) is 17.2 Å². The van der Waals surface area contributed by atoms with Gasteiger partial charge in [0.05, 0.1) is 17.5 Å². The first-order chi connectivity index (χ1) is 6.58. The van der Waals surface area contributed by atoms with E-state index in [1.807, 2.05) is 0 Å². The van der Waals surface area contributed by atoms with Crippen LogP contribution < -0.4 is 5.73 Å². The average molecular weight is 215 g/mol. The molecule has 0 bridgehead atoms. The van der Waals surface area contributed by atoms with E-state index in [2.05, 4.69) is 4.98 Å². The standard InChI is InChI=1S/C8H13N3O2S/c9-8-10-3-4-11(8)7-2-1-5-14(12,13)6-7/h3-4,7H,1-2,5-6H2,(H2,9,10). The van der Waals surface area contributed by atoms with E-state index in [9.17, 15) is 8.42 Å². The molecule has 0 spiro atoms. The lowest BCUT2D eigenvalue weighted by molar-refractivity contribution is 0.475. The van der Waals surface area contributed by atoms with Crippen molar-refractivity contribution in [3.8, 4) is 0 Å². The highest BCUT2D eigenvalue weighted by atomic mass is 32.2. The van der Waals surface area contributed by atoms with Crippen molar-refractivity contribution < 1.29 is 8.42 Å².